The van der Waals surface area contributed by atoms with Gasteiger partial charge in [-0.3, -0.25) is 0 Å². The van der Waals surface area contributed by atoms with Crippen molar-refractivity contribution in [3.05, 3.63) is 88.5 Å². The summed E-state index contributed by atoms with van der Waals surface area (Å²) in [6.07, 6.45) is 7.04. The summed E-state index contributed by atoms with van der Waals surface area (Å²) in [4.78, 5) is 2.18. The molecule has 6 heteroatoms. The van der Waals surface area contributed by atoms with E-state index in [0.717, 1.165) is 37.0 Å². The van der Waals surface area contributed by atoms with Gasteiger partial charge in [0, 0.05) is 19.3 Å². The standard InChI is InChI=1S/C21H30F3N.C6H5FO/c1-6-10-17(14-18(11-7-2)21(22,23)24)20(16(4)8-3)15-19-12-9-13-25(19)5;7-5-1-3-6(8)4-2-5/h6,10-11,14-15H,7-9,12-13H2,1-5H3;1-4,8H/b10-6-,17-14+,18-11-,19-15-,20-16?;. The Bertz CT molecular complexity index is 882. The molecule has 2 nitrogen and oxygen atoms in total. The van der Waals surface area contributed by atoms with E-state index >= 15 is 0 Å². The van der Waals surface area contributed by atoms with E-state index in [-0.39, 0.29) is 11.6 Å². The summed E-state index contributed by atoms with van der Waals surface area (Å²) < 4.78 is 52.0. The highest BCUT2D eigenvalue weighted by Crippen LogP contribution is 2.32. The second-order valence-electron chi connectivity index (χ2n) is 7.85. The van der Waals surface area contributed by atoms with Crippen molar-refractivity contribution in [3.63, 3.8) is 0 Å². The minimum Gasteiger partial charge on any atom is -0.508 e. The number of allylic oxidation sites excluding steroid dienone is 10. The van der Waals surface area contributed by atoms with Crippen LogP contribution in [-0.2, 0) is 0 Å². The topological polar surface area (TPSA) is 23.5 Å². The van der Waals surface area contributed by atoms with Crippen LogP contribution in [0.15, 0.2) is 82.6 Å². The van der Waals surface area contributed by atoms with Crippen molar-refractivity contribution in [1.82, 2.24) is 4.90 Å². The minimum absolute atomic E-state index is 0.0893. The first-order valence-electron chi connectivity index (χ1n) is 11.2. The SMILES string of the molecule is C\C=C/C(=C\C(=C\CC)C(F)(F)F)C(/C=C1/CCCN1C)=C(C)CC.Oc1ccc(F)cc1. The molecule has 1 saturated heterocycles. The zero-order valence-electron chi connectivity index (χ0n) is 20.1. The van der Waals surface area contributed by atoms with E-state index in [4.69, 9.17) is 5.11 Å². The Kier molecular flexibility index (Phi) is 11.7. The lowest BCUT2D eigenvalue weighted by atomic mass is 9.95. The third-order valence-electron chi connectivity index (χ3n) is 5.26. The molecule has 0 saturated carbocycles. The Morgan fingerprint density at radius 2 is 1.79 bits per heavy atom. The zero-order chi connectivity index (χ0) is 25.0. The maximum atomic E-state index is 13.3. The highest BCUT2D eigenvalue weighted by Gasteiger charge is 2.32. The van der Waals surface area contributed by atoms with E-state index in [0.29, 0.717) is 12.0 Å². The van der Waals surface area contributed by atoms with Crippen LogP contribution in [-0.4, -0.2) is 29.8 Å². The predicted octanol–water partition coefficient (Wildman–Crippen LogP) is 8.25. The summed E-state index contributed by atoms with van der Waals surface area (Å²) in [5.74, 6) is -0.241. The van der Waals surface area contributed by atoms with Crippen molar-refractivity contribution >= 4 is 0 Å². The van der Waals surface area contributed by atoms with Gasteiger partial charge in [0.1, 0.15) is 11.6 Å². The molecule has 1 fully saturated rings. The summed E-state index contributed by atoms with van der Waals surface area (Å²) in [6, 6.07) is 5.01. The monoisotopic (exact) mass is 465 g/mol. The van der Waals surface area contributed by atoms with E-state index < -0.39 is 11.7 Å². The number of alkyl halides is 3. The smallest absolute Gasteiger partial charge is 0.416 e. The van der Waals surface area contributed by atoms with Crippen LogP contribution in [0.25, 0.3) is 0 Å². The molecule has 0 spiro atoms. The van der Waals surface area contributed by atoms with Crippen LogP contribution in [0.1, 0.15) is 53.4 Å². The third-order valence-corrected chi connectivity index (χ3v) is 5.26. The van der Waals surface area contributed by atoms with E-state index in [2.05, 4.69) is 11.0 Å². The van der Waals surface area contributed by atoms with Gasteiger partial charge in [-0.15, -0.1) is 0 Å². The molecule has 0 aliphatic carbocycles. The first-order valence-corrected chi connectivity index (χ1v) is 11.2. The summed E-state index contributed by atoms with van der Waals surface area (Å²) in [6.45, 7) is 8.58. The second-order valence-corrected chi connectivity index (χ2v) is 7.85. The average molecular weight is 466 g/mol. The third kappa shape index (κ3) is 9.72. The Labute approximate surface area is 195 Å². The van der Waals surface area contributed by atoms with Crippen LogP contribution in [0, 0.1) is 5.82 Å². The predicted molar refractivity (Wildman–Crippen MR) is 128 cm³/mol. The molecule has 0 aromatic heterocycles. The van der Waals surface area contributed by atoms with Gasteiger partial charge in [0.2, 0.25) is 0 Å². The number of rotatable bonds is 6. The molecular weight excluding hydrogens is 430 g/mol. The highest BCUT2D eigenvalue weighted by atomic mass is 19.4. The molecule has 2 rings (SSSR count). The van der Waals surface area contributed by atoms with E-state index in [1.165, 1.54) is 42.1 Å². The van der Waals surface area contributed by atoms with Crippen molar-refractivity contribution < 1.29 is 22.7 Å². The molecule has 33 heavy (non-hydrogen) atoms. The maximum Gasteiger partial charge on any atom is 0.416 e. The van der Waals surface area contributed by atoms with Crippen molar-refractivity contribution in [2.24, 2.45) is 0 Å². The minimum atomic E-state index is -4.34. The molecule has 182 valence electrons. The Morgan fingerprint density at radius 1 is 1.15 bits per heavy atom. The van der Waals surface area contributed by atoms with Gasteiger partial charge >= 0.3 is 6.18 Å². The molecule has 1 aromatic carbocycles. The van der Waals surface area contributed by atoms with Gasteiger partial charge in [0.05, 0.1) is 5.57 Å². The van der Waals surface area contributed by atoms with Crippen LogP contribution in [0.5, 0.6) is 5.75 Å². The molecule has 0 amide bonds. The number of hydrogen-bond donors (Lipinski definition) is 1. The number of likely N-dealkylation sites (tertiary alicyclic amines) is 1. The van der Waals surface area contributed by atoms with Crippen molar-refractivity contribution in [2.75, 3.05) is 13.6 Å². The first kappa shape index (κ1) is 28.3. The van der Waals surface area contributed by atoms with Gasteiger partial charge < -0.3 is 10.0 Å². The molecule has 1 N–H and O–H groups in total. The van der Waals surface area contributed by atoms with Crippen LogP contribution in [0.3, 0.4) is 0 Å². The molecule has 1 aliphatic rings. The van der Waals surface area contributed by atoms with Crippen LogP contribution in [0.2, 0.25) is 0 Å². The normalized spacial score (nSPS) is 17.4. The highest BCUT2D eigenvalue weighted by molar-refractivity contribution is 5.53. The molecule has 0 radical (unpaired) electrons. The van der Waals surface area contributed by atoms with E-state index in [1.807, 2.05) is 27.8 Å². The number of aromatic hydroxyl groups is 1. The summed E-state index contributed by atoms with van der Waals surface area (Å²) in [7, 11) is 2.04. The quantitative estimate of drug-likeness (QED) is 0.338. The first-order chi connectivity index (χ1) is 15.5. The second kappa shape index (κ2) is 13.7. The van der Waals surface area contributed by atoms with Crippen molar-refractivity contribution in [1.29, 1.82) is 0 Å². The fraction of sp³-hybridized carbons (Fsp3) is 0.407. The number of benzene rings is 1. The van der Waals surface area contributed by atoms with Crippen molar-refractivity contribution in [2.45, 2.75) is 59.6 Å². The van der Waals surface area contributed by atoms with Gasteiger partial charge in [-0.1, -0.05) is 37.6 Å². The van der Waals surface area contributed by atoms with Gasteiger partial charge in [0.15, 0.2) is 0 Å². The van der Waals surface area contributed by atoms with Gasteiger partial charge in [-0.05, 0) is 87.1 Å². The zero-order valence-corrected chi connectivity index (χ0v) is 20.1. The fourth-order valence-electron chi connectivity index (χ4n) is 3.30. The number of phenols is 1. The van der Waals surface area contributed by atoms with Crippen LogP contribution in [0.4, 0.5) is 17.6 Å². The molecule has 0 unspecified atom stereocenters. The van der Waals surface area contributed by atoms with Gasteiger partial charge in [0.25, 0.3) is 0 Å². The maximum absolute atomic E-state index is 13.3. The lowest BCUT2D eigenvalue weighted by molar-refractivity contribution is -0.0884. The number of halogens is 4. The number of hydrogen-bond acceptors (Lipinski definition) is 2. The average Bonchev–Trinajstić information content (AvgIpc) is 3.17. The number of nitrogens with zero attached hydrogens (tertiary/aromatic N) is 1. The van der Waals surface area contributed by atoms with E-state index in [1.54, 1.807) is 19.1 Å². The van der Waals surface area contributed by atoms with Gasteiger partial charge in [-0.2, -0.15) is 13.2 Å². The van der Waals surface area contributed by atoms with Crippen LogP contribution < -0.4 is 0 Å². The Hall–Kier alpha value is -2.76. The summed E-state index contributed by atoms with van der Waals surface area (Å²) in [5, 5.41) is 8.59. The van der Waals surface area contributed by atoms with Crippen molar-refractivity contribution in [3.8, 4) is 5.75 Å². The largest absolute Gasteiger partial charge is 0.508 e. The molecule has 1 aliphatic heterocycles. The van der Waals surface area contributed by atoms with Gasteiger partial charge in [-0.25, -0.2) is 4.39 Å². The lowest BCUT2D eigenvalue weighted by Crippen LogP contribution is -2.12. The number of phenolic OH excluding ortho intramolecular Hbond substituents is 1. The lowest BCUT2D eigenvalue weighted by Gasteiger charge is -2.17. The Balaban J connectivity index is 0.000000568. The molecule has 0 atom stereocenters. The molecular formula is C27H35F4NO. The summed E-state index contributed by atoms with van der Waals surface area (Å²) >= 11 is 0. The van der Waals surface area contributed by atoms with E-state index in [9.17, 15) is 17.6 Å². The van der Waals surface area contributed by atoms with Crippen LogP contribution >= 0.6 is 0 Å². The fourth-order valence-corrected chi connectivity index (χ4v) is 3.30. The molecule has 0 bridgehead atoms. The Morgan fingerprint density at radius 3 is 2.21 bits per heavy atom. The molecule has 1 heterocycles. The summed E-state index contributed by atoms with van der Waals surface area (Å²) in [5.41, 5.74) is 3.21. The molecule has 1 aromatic rings.